The molecule has 2 atom stereocenters. The van der Waals surface area contributed by atoms with E-state index in [-0.39, 0.29) is 17.2 Å². The fraction of sp³-hybridized carbons (Fsp3) is 0.259. The van der Waals surface area contributed by atoms with Crippen LogP contribution in [0.1, 0.15) is 42.5 Å². The molecule has 0 radical (unpaired) electrons. The molecule has 1 aliphatic carbocycles. The van der Waals surface area contributed by atoms with E-state index in [1.165, 1.54) is 22.9 Å². The summed E-state index contributed by atoms with van der Waals surface area (Å²) in [5.74, 6) is 0.786. The number of pyridine rings is 1. The minimum atomic E-state index is -0.307. The minimum absolute atomic E-state index is 0.0198. The van der Waals surface area contributed by atoms with Crippen molar-refractivity contribution >= 4 is 17.7 Å². The van der Waals surface area contributed by atoms with Gasteiger partial charge in [-0.15, -0.1) is 10.2 Å². The van der Waals surface area contributed by atoms with E-state index in [0.29, 0.717) is 6.54 Å². The first-order valence-corrected chi connectivity index (χ1v) is 12.5. The smallest absolute Gasteiger partial charge is 0.233 e. The molecule has 4 aromatic rings. The van der Waals surface area contributed by atoms with Gasteiger partial charge < -0.3 is 5.32 Å². The normalized spacial score (nSPS) is 16.0. The van der Waals surface area contributed by atoms with Gasteiger partial charge >= 0.3 is 0 Å². The maximum absolute atomic E-state index is 13.2. The van der Waals surface area contributed by atoms with Gasteiger partial charge in [0.05, 0.1) is 17.8 Å². The van der Waals surface area contributed by atoms with Crippen molar-refractivity contribution in [3.05, 3.63) is 95.8 Å². The Morgan fingerprint density at radius 1 is 1.06 bits per heavy atom. The lowest BCUT2D eigenvalue weighted by molar-refractivity contribution is -0.121. The molecule has 1 N–H and O–H groups in total. The lowest BCUT2D eigenvalue weighted by Crippen LogP contribution is -2.36. The van der Waals surface area contributed by atoms with Crippen molar-refractivity contribution in [1.82, 2.24) is 25.1 Å². The molecular weight excluding hydrogens is 442 g/mol. The molecular formula is C27H27N5OS. The second-order valence-corrected chi connectivity index (χ2v) is 9.83. The third-order valence-electron chi connectivity index (χ3n) is 6.18. The summed E-state index contributed by atoms with van der Waals surface area (Å²) in [5.41, 5.74) is 4.67. The molecule has 2 heterocycles. The van der Waals surface area contributed by atoms with Crippen LogP contribution in [0.15, 0.2) is 84.3 Å². The quantitative estimate of drug-likeness (QED) is 0.383. The number of nitrogens with one attached hydrogen (secondary N) is 1. The third-order valence-corrected chi connectivity index (χ3v) is 7.26. The standard InChI is InChI=1S/C27H27N5OS/c1-19(26(33)29-24-13-7-11-21-10-5-6-12-23(21)24)34-27-31-30-25(22-14-16-28-17-15-22)32(27)18-20-8-3-2-4-9-20/h2-6,8-10,12,14-17,19,24H,7,11,13,18H2,1H3,(H,29,33)/t19-,24-/m0/s1. The summed E-state index contributed by atoms with van der Waals surface area (Å²) in [5, 5.41) is 12.6. The van der Waals surface area contributed by atoms with E-state index in [0.717, 1.165) is 41.4 Å². The average Bonchev–Trinajstić information content (AvgIpc) is 3.27. The first-order valence-electron chi connectivity index (χ1n) is 11.6. The Kier molecular flexibility index (Phi) is 6.72. The monoisotopic (exact) mass is 469 g/mol. The predicted molar refractivity (Wildman–Crippen MR) is 134 cm³/mol. The third kappa shape index (κ3) is 4.89. The van der Waals surface area contributed by atoms with Crippen molar-refractivity contribution in [3.63, 3.8) is 0 Å². The summed E-state index contributed by atoms with van der Waals surface area (Å²) in [6, 6.07) is 22.6. The van der Waals surface area contributed by atoms with E-state index >= 15 is 0 Å². The Labute approximate surface area is 203 Å². The van der Waals surface area contributed by atoms with Crippen molar-refractivity contribution in [2.45, 2.75) is 49.2 Å². The van der Waals surface area contributed by atoms with Crippen LogP contribution in [0.5, 0.6) is 0 Å². The number of fused-ring (bicyclic) bond motifs is 1. The van der Waals surface area contributed by atoms with Crippen molar-refractivity contribution in [3.8, 4) is 11.4 Å². The van der Waals surface area contributed by atoms with Gasteiger partial charge in [-0.1, -0.05) is 66.4 Å². The molecule has 7 heteroatoms. The molecule has 1 aliphatic rings. The fourth-order valence-electron chi connectivity index (χ4n) is 4.40. The Morgan fingerprint density at radius 3 is 2.65 bits per heavy atom. The van der Waals surface area contributed by atoms with E-state index in [4.69, 9.17) is 0 Å². The van der Waals surface area contributed by atoms with Crippen molar-refractivity contribution in [1.29, 1.82) is 0 Å². The highest BCUT2D eigenvalue weighted by Gasteiger charge is 2.26. The zero-order chi connectivity index (χ0) is 23.3. The zero-order valence-corrected chi connectivity index (χ0v) is 19.9. The SMILES string of the molecule is C[C@H](Sc1nnc(-c2ccncc2)n1Cc1ccccc1)C(=O)N[C@H]1CCCc2ccccc21. The highest BCUT2D eigenvalue weighted by molar-refractivity contribution is 8.00. The number of thioether (sulfide) groups is 1. The first-order chi connectivity index (χ1) is 16.7. The summed E-state index contributed by atoms with van der Waals surface area (Å²) in [7, 11) is 0. The van der Waals surface area contributed by atoms with Gasteiger partial charge in [0.25, 0.3) is 0 Å². The summed E-state index contributed by atoms with van der Waals surface area (Å²) < 4.78 is 2.08. The van der Waals surface area contributed by atoms with Crippen LogP contribution in [0.25, 0.3) is 11.4 Å². The molecule has 0 bridgehead atoms. The van der Waals surface area contributed by atoms with Crippen LogP contribution < -0.4 is 5.32 Å². The molecule has 0 spiro atoms. The molecule has 34 heavy (non-hydrogen) atoms. The van der Waals surface area contributed by atoms with Gasteiger partial charge in [-0.05, 0) is 55.0 Å². The Hall–Kier alpha value is -3.45. The molecule has 2 aromatic carbocycles. The van der Waals surface area contributed by atoms with Crippen molar-refractivity contribution < 1.29 is 4.79 Å². The maximum Gasteiger partial charge on any atom is 0.233 e. The van der Waals surface area contributed by atoms with Gasteiger partial charge in [0.1, 0.15) is 0 Å². The number of carbonyl (C=O) groups is 1. The van der Waals surface area contributed by atoms with Gasteiger partial charge in [0.15, 0.2) is 11.0 Å². The van der Waals surface area contributed by atoms with Crippen molar-refractivity contribution in [2.24, 2.45) is 0 Å². The number of benzene rings is 2. The number of amides is 1. The summed E-state index contributed by atoms with van der Waals surface area (Å²) in [4.78, 5) is 17.3. The van der Waals surface area contributed by atoms with Gasteiger partial charge in [0.2, 0.25) is 5.91 Å². The zero-order valence-electron chi connectivity index (χ0n) is 19.1. The van der Waals surface area contributed by atoms with Crippen LogP contribution >= 0.6 is 11.8 Å². The second kappa shape index (κ2) is 10.2. The summed E-state index contributed by atoms with van der Waals surface area (Å²) >= 11 is 1.44. The van der Waals surface area contributed by atoms with Crippen LogP contribution in [0.2, 0.25) is 0 Å². The Balaban J connectivity index is 1.36. The number of aromatic nitrogens is 4. The first kappa shape index (κ1) is 22.3. The molecule has 172 valence electrons. The molecule has 6 nitrogen and oxygen atoms in total. The van der Waals surface area contributed by atoms with Gasteiger partial charge in [-0.3, -0.25) is 14.3 Å². The molecule has 0 unspecified atom stereocenters. The highest BCUT2D eigenvalue weighted by Crippen LogP contribution is 2.31. The van der Waals surface area contributed by atoms with E-state index < -0.39 is 0 Å². The van der Waals surface area contributed by atoms with Crippen LogP contribution in [-0.4, -0.2) is 30.9 Å². The van der Waals surface area contributed by atoms with Crippen molar-refractivity contribution in [2.75, 3.05) is 0 Å². The number of aryl methyl sites for hydroxylation is 1. The van der Waals surface area contributed by atoms with Gasteiger partial charge in [-0.2, -0.15) is 0 Å². The molecule has 0 fully saturated rings. The average molecular weight is 470 g/mol. The topological polar surface area (TPSA) is 72.7 Å². The number of carbonyl (C=O) groups excluding carboxylic acids is 1. The molecule has 1 amide bonds. The number of rotatable bonds is 7. The highest BCUT2D eigenvalue weighted by atomic mass is 32.2. The number of hydrogen-bond donors (Lipinski definition) is 1. The Morgan fingerprint density at radius 2 is 1.82 bits per heavy atom. The molecule has 0 saturated carbocycles. The van der Waals surface area contributed by atoms with Crippen LogP contribution in [-0.2, 0) is 17.8 Å². The largest absolute Gasteiger partial charge is 0.348 e. The van der Waals surface area contributed by atoms with E-state index in [9.17, 15) is 4.79 Å². The molecule has 0 saturated heterocycles. The second-order valence-electron chi connectivity index (χ2n) is 8.53. The maximum atomic E-state index is 13.2. The molecule has 0 aliphatic heterocycles. The summed E-state index contributed by atoms with van der Waals surface area (Å²) in [6.07, 6.45) is 6.64. The summed E-state index contributed by atoms with van der Waals surface area (Å²) in [6.45, 7) is 2.56. The Bertz CT molecular complexity index is 1260. The lowest BCUT2D eigenvalue weighted by atomic mass is 9.88. The molecule has 2 aromatic heterocycles. The van der Waals surface area contributed by atoms with Crippen LogP contribution in [0.3, 0.4) is 0 Å². The van der Waals surface area contributed by atoms with E-state index in [1.54, 1.807) is 12.4 Å². The van der Waals surface area contributed by atoms with Gasteiger partial charge in [0, 0.05) is 18.0 Å². The molecule has 5 rings (SSSR count). The van der Waals surface area contributed by atoms with E-state index in [1.807, 2.05) is 43.3 Å². The lowest BCUT2D eigenvalue weighted by Gasteiger charge is -2.27. The van der Waals surface area contributed by atoms with Gasteiger partial charge in [-0.25, -0.2) is 0 Å². The number of hydrogen-bond acceptors (Lipinski definition) is 5. The number of nitrogens with zero attached hydrogens (tertiary/aromatic N) is 4. The van der Waals surface area contributed by atoms with E-state index in [2.05, 4.69) is 55.4 Å². The van der Waals surface area contributed by atoms with Crippen LogP contribution in [0, 0.1) is 0 Å². The minimum Gasteiger partial charge on any atom is -0.348 e. The predicted octanol–water partition coefficient (Wildman–Crippen LogP) is 5.06. The van der Waals surface area contributed by atoms with Crippen LogP contribution in [0.4, 0.5) is 0 Å². The fourth-order valence-corrected chi connectivity index (χ4v) is 5.26.